The Morgan fingerprint density at radius 3 is 3.06 bits per heavy atom. The summed E-state index contributed by atoms with van der Waals surface area (Å²) in [6, 6.07) is 5.45. The van der Waals surface area contributed by atoms with Crippen molar-refractivity contribution in [3.8, 4) is 0 Å². The molecule has 17 heavy (non-hydrogen) atoms. The summed E-state index contributed by atoms with van der Waals surface area (Å²) < 4.78 is 7.15. The molecule has 0 saturated carbocycles. The summed E-state index contributed by atoms with van der Waals surface area (Å²) >= 11 is 0. The van der Waals surface area contributed by atoms with Crippen LogP contribution < -0.4 is 5.32 Å². The number of hydrogen-bond donors (Lipinski definition) is 1. The molecule has 1 amide bonds. The Bertz CT molecular complexity index is 414. The summed E-state index contributed by atoms with van der Waals surface area (Å²) in [5, 5.41) is 7.03. The van der Waals surface area contributed by atoms with Crippen LogP contribution in [0.5, 0.6) is 0 Å². The molecular weight excluding hydrogens is 218 g/mol. The zero-order valence-electron chi connectivity index (χ0n) is 9.67. The van der Waals surface area contributed by atoms with Crippen LogP contribution in [0.15, 0.2) is 41.3 Å². The second kappa shape index (κ2) is 5.34. The average Bonchev–Trinajstić information content (AvgIpc) is 3.01. The standard InChI is InChI=1S/C12H15N3O2/c1-2-12(16)13-9-10(11-5-3-8-17-11)15-7-4-6-14-15/h3-8,10H,2,9H2,1H3,(H,13,16). The number of rotatable bonds is 5. The first-order valence-corrected chi connectivity index (χ1v) is 5.60. The van der Waals surface area contributed by atoms with E-state index in [-0.39, 0.29) is 11.9 Å². The maximum Gasteiger partial charge on any atom is 0.219 e. The fourth-order valence-corrected chi connectivity index (χ4v) is 1.61. The van der Waals surface area contributed by atoms with Gasteiger partial charge in [0.1, 0.15) is 11.8 Å². The van der Waals surface area contributed by atoms with Gasteiger partial charge in [-0.1, -0.05) is 6.92 Å². The Morgan fingerprint density at radius 2 is 2.47 bits per heavy atom. The van der Waals surface area contributed by atoms with Crippen molar-refractivity contribution >= 4 is 5.91 Å². The second-order valence-electron chi connectivity index (χ2n) is 3.67. The lowest BCUT2D eigenvalue weighted by molar-refractivity contribution is -0.120. The third-order valence-corrected chi connectivity index (χ3v) is 2.53. The first-order valence-electron chi connectivity index (χ1n) is 5.60. The van der Waals surface area contributed by atoms with Crippen molar-refractivity contribution in [1.82, 2.24) is 15.1 Å². The number of aromatic nitrogens is 2. The number of carbonyl (C=O) groups excluding carboxylic acids is 1. The Kier molecular flexibility index (Phi) is 3.59. The molecule has 0 aliphatic heterocycles. The Labute approximate surface area is 99.4 Å². The van der Waals surface area contributed by atoms with Gasteiger partial charge in [0.15, 0.2) is 0 Å². The lowest BCUT2D eigenvalue weighted by atomic mass is 10.2. The highest BCUT2D eigenvalue weighted by Crippen LogP contribution is 2.16. The molecule has 2 rings (SSSR count). The lowest BCUT2D eigenvalue weighted by Gasteiger charge is -2.15. The predicted octanol–water partition coefficient (Wildman–Crippen LogP) is 1.59. The van der Waals surface area contributed by atoms with Gasteiger partial charge in [0.25, 0.3) is 0 Å². The van der Waals surface area contributed by atoms with Crippen LogP contribution in [0.1, 0.15) is 25.1 Å². The maximum absolute atomic E-state index is 11.3. The molecule has 0 spiro atoms. The molecule has 1 N–H and O–H groups in total. The SMILES string of the molecule is CCC(=O)NCC(c1ccco1)n1cccn1. The smallest absolute Gasteiger partial charge is 0.219 e. The maximum atomic E-state index is 11.3. The molecule has 0 radical (unpaired) electrons. The van der Waals surface area contributed by atoms with Crippen molar-refractivity contribution in [1.29, 1.82) is 0 Å². The molecule has 0 aliphatic carbocycles. The molecule has 0 fully saturated rings. The van der Waals surface area contributed by atoms with E-state index in [1.54, 1.807) is 17.1 Å². The third kappa shape index (κ3) is 2.75. The number of hydrogen-bond acceptors (Lipinski definition) is 3. The van der Waals surface area contributed by atoms with Gasteiger partial charge >= 0.3 is 0 Å². The largest absolute Gasteiger partial charge is 0.467 e. The van der Waals surface area contributed by atoms with E-state index < -0.39 is 0 Å². The summed E-state index contributed by atoms with van der Waals surface area (Å²) in [5.41, 5.74) is 0. The first-order chi connectivity index (χ1) is 8.31. The number of nitrogens with one attached hydrogen (secondary N) is 1. The van der Waals surface area contributed by atoms with E-state index in [2.05, 4.69) is 10.4 Å². The molecule has 0 aromatic carbocycles. The summed E-state index contributed by atoms with van der Waals surface area (Å²) in [6.45, 7) is 2.30. The molecule has 0 aliphatic rings. The van der Waals surface area contributed by atoms with Crippen molar-refractivity contribution in [3.63, 3.8) is 0 Å². The van der Waals surface area contributed by atoms with Crippen molar-refractivity contribution in [2.24, 2.45) is 0 Å². The Hall–Kier alpha value is -2.04. The van der Waals surface area contributed by atoms with E-state index in [0.717, 1.165) is 5.76 Å². The minimum absolute atomic E-state index is 0.0220. The zero-order valence-corrected chi connectivity index (χ0v) is 9.67. The summed E-state index contributed by atoms with van der Waals surface area (Å²) in [6.07, 6.45) is 5.65. The number of nitrogens with zero attached hydrogens (tertiary/aromatic N) is 2. The quantitative estimate of drug-likeness (QED) is 0.853. The zero-order chi connectivity index (χ0) is 12.1. The monoisotopic (exact) mass is 233 g/mol. The highest BCUT2D eigenvalue weighted by Gasteiger charge is 2.17. The van der Waals surface area contributed by atoms with Gasteiger partial charge in [0.2, 0.25) is 5.91 Å². The fourth-order valence-electron chi connectivity index (χ4n) is 1.61. The molecule has 1 unspecified atom stereocenters. The van der Waals surface area contributed by atoms with E-state index >= 15 is 0 Å². The van der Waals surface area contributed by atoms with Gasteiger partial charge in [-0.3, -0.25) is 9.48 Å². The van der Waals surface area contributed by atoms with E-state index in [4.69, 9.17) is 4.42 Å². The third-order valence-electron chi connectivity index (χ3n) is 2.53. The van der Waals surface area contributed by atoms with Crippen LogP contribution in [0.3, 0.4) is 0 Å². The molecule has 1 atom stereocenters. The highest BCUT2D eigenvalue weighted by molar-refractivity contribution is 5.75. The van der Waals surface area contributed by atoms with Crippen molar-refractivity contribution in [2.75, 3.05) is 6.54 Å². The Balaban J connectivity index is 2.11. The molecule has 90 valence electrons. The van der Waals surface area contributed by atoms with E-state index in [1.807, 2.05) is 31.3 Å². The molecule has 0 saturated heterocycles. The van der Waals surface area contributed by atoms with Crippen LogP contribution in [0.2, 0.25) is 0 Å². The van der Waals surface area contributed by atoms with Gasteiger partial charge in [0, 0.05) is 25.4 Å². The molecule has 5 heteroatoms. The van der Waals surface area contributed by atoms with Gasteiger partial charge in [-0.2, -0.15) is 5.10 Å². The summed E-state index contributed by atoms with van der Waals surface area (Å²) in [4.78, 5) is 11.3. The average molecular weight is 233 g/mol. The number of furan rings is 1. The normalized spacial score (nSPS) is 12.3. The van der Waals surface area contributed by atoms with Crippen LogP contribution >= 0.6 is 0 Å². The van der Waals surface area contributed by atoms with Crippen molar-refractivity contribution in [2.45, 2.75) is 19.4 Å². The van der Waals surface area contributed by atoms with E-state index in [1.165, 1.54) is 0 Å². The fraction of sp³-hybridized carbons (Fsp3) is 0.333. The minimum Gasteiger partial charge on any atom is -0.467 e. The topological polar surface area (TPSA) is 60.1 Å². The molecule has 2 heterocycles. The summed E-state index contributed by atoms with van der Waals surface area (Å²) in [7, 11) is 0. The van der Waals surface area contributed by atoms with Crippen LogP contribution in [0.25, 0.3) is 0 Å². The highest BCUT2D eigenvalue weighted by atomic mass is 16.3. The molecule has 0 bridgehead atoms. The predicted molar refractivity (Wildman–Crippen MR) is 62.4 cm³/mol. The first kappa shape index (κ1) is 11.4. The van der Waals surface area contributed by atoms with E-state index in [0.29, 0.717) is 13.0 Å². The molecule has 2 aromatic rings. The van der Waals surface area contributed by atoms with Crippen LogP contribution in [-0.4, -0.2) is 22.2 Å². The van der Waals surface area contributed by atoms with Crippen molar-refractivity contribution in [3.05, 3.63) is 42.6 Å². The Morgan fingerprint density at radius 1 is 1.59 bits per heavy atom. The van der Waals surface area contributed by atoms with Crippen LogP contribution in [0.4, 0.5) is 0 Å². The van der Waals surface area contributed by atoms with E-state index in [9.17, 15) is 4.79 Å². The van der Waals surface area contributed by atoms with Crippen LogP contribution in [0, 0.1) is 0 Å². The van der Waals surface area contributed by atoms with Gasteiger partial charge in [0.05, 0.1) is 6.26 Å². The molecule has 2 aromatic heterocycles. The number of carbonyl (C=O) groups is 1. The molecular formula is C12H15N3O2. The number of amides is 1. The van der Waals surface area contributed by atoms with Crippen LogP contribution in [-0.2, 0) is 4.79 Å². The van der Waals surface area contributed by atoms with Crippen molar-refractivity contribution < 1.29 is 9.21 Å². The minimum atomic E-state index is -0.101. The van der Waals surface area contributed by atoms with Gasteiger partial charge in [-0.05, 0) is 18.2 Å². The lowest BCUT2D eigenvalue weighted by Crippen LogP contribution is -2.30. The second-order valence-corrected chi connectivity index (χ2v) is 3.67. The van der Waals surface area contributed by atoms with Gasteiger partial charge < -0.3 is 9.73 Å². The van der Waals surface area contributed by atoms with Gasteiger partial charge in [-0.15, -0.1) is 0 Å². The van der Waals surface area contributed by atoms with Gasteiger partial charge in [-0.25, -0.2) is 0 Å². The summed E-state index contributed by atoms with van der Waals surface area (Å²) in [5.74, 6) is 0.804. The molecule has 5 nitrogen and oxygen atoms in total.